The standard InChI is InChI=1S/C16H20BrNO.ClH/c1-4-12(3)18-10-14-6-8-16(19-14)15-7-5-13(17)9-11(15)2;/h5-9,12,18H,4,10H2,1-3H3;1H. The van der Waals surface area contributed by atoms with Crippen molar-refractivity contribution in [3.63, 3.8) is 0 Å². The maximum atomic E-state index is 5.91. The van der Waals surface area contributed by atoms with Crippen LogP contribution in [-0.4, -0.2) is 6.04 Å². The van der Waals surface area contributed by atoms with Crippen LogP contribution in [0.25, 0.3) is 11.3 Å². The summed E-state index contributed by atoms with van der Waals surface area (Å²) in [5, 5.41) is 3.44. The predicted molar refractivity (Wildman–Crippen MR) is 90.4 cm³/mol. The van der Waals surface area contributed by atoms with Gasteiger partial charge in [-0.25, -0.2) is 0 Å². The minimum atomic E-state index is 0. The van der Waals surface area contributed by atoms with E-state index in [9.17, 15) is 0 Å². The van der Waals surface area contributed by atoms with Gasteiger partial charge in [-0.05, 0) is 56.2 Å². The highest BCUT2D eigenvalue weighted by Crippen LogP contribution is 2.27. The largest absolute Gasteiger partial charge is 0.460 e. The third kappa shape index (κ3) is 4.37. The monoisotopic (exact) mass is 357 g/mol. The van der Waals surface area contributed by atoms with E-state index in [2.05, 4.69) is 54.2 Å². The van der Waals surface area contributed by atoms with Gasteiger partial charge in [0, 0.05) is 16.1 Å². The van der Waals surface area contributed by atoms with Gasteiger partial charge >= 0.3 is 0 Å². The average Bonchev–Trinajstić information content (AvgIpc) is 2.84. The molecule has 0 aliphatic rings. The van der Waals surface area contributed by atoms with Crippen molar-refractivity contribution in [3.05, 3.63) is 46.1 Å². The van der Waals surface area contributed by atoms with Gasteiger partial charge in [-0.15, -0.1) is 12.4 Å². The molecule has 0 amide bonds. The van der Waals surface area contributed by atoms with E-state index >= 15 is 0 Å². The van der Waals surface area contributed by atoms with E-state index in [0.29, 0.717) is 6.04 Å². The Balaban J connectivity index is 0.00000200. The molecule has 0 spiro atoms. The summed E-state index contributed by atoms with van der Waals surface area (Å²) < 4.78 is 7.00. The summed E-state index contributed by atoms with van der Waals surface area (Å²) in [5.41, 5.74) is 2.36. The maximum Gasteiger partial charge on any atom is 0.134 e. The summed E-state index contributed by atoms with van der Waals surface area (Å²) in [6, 6.07) is 10.8. The van der Waals surface area contributed by atoms with Crippen molar-refractivity contribution in [2.24, 2.45) is 0 Å². The summed E-state index contributed by atoms with van der Waals surface area (Å²) in [7, 11) is 0. The number of nitrogens with one attached hydrogen (secondary N) is 1. The van der Waals surface area contributed by atoms with Crippen LogP contribution >= 0.6 is 28.3 Å². The van der Waals surface area contributed by atoms with Crippen LogP contribution in [0, 0.1) is 6.92 Å². The Morgan fingerprint density at radius 3 is 2.65 bits per heavy atom. The Morgan fingerprint density at radius 2 is 2.00 bits per heavy atom. The third-order valence-corrected chi connectivity index (χ3v) is 3.85. The zero-order valence-corrected chi connectivity index (χ0v) is 14.5. The van der Waals surface area contributed by atoms with Crippen LogP contribution in [0.5, 0.6) is 0 Å². The first-order chi connectivity index (χ1) is 9.10. The van der Waals surface area contributed by atoms with Gasteiger partial charge in [0.2, 0.25) is 0 Å². The fraction of sp³-hybridized carbons (Fsp3) is 0.375. The second-order valence-corrected chi connectivity index (χ2v) is 5.83. The molecule has 0 saturated heterocycles. The Morgan fingerprint density at radius 1 is 1.25 bits per heavy atom. The Labute approximate surface area is 135 Å². The van der Waals surface area contributed by atoms with Crippen LogP contribution in [-0.2, 0) is 6.54 Å². The molecule has 0 aliphatic heterocycles. The number of halogens is 2. The van der Waals surface area contributed by atoms with Crippen molar-refractivity contribution in [2.45, 2.75) is 39.8 Å². The topological polar surface area (TPSA) is 25.2 Å². The molecule has 110 valence electrons. The summed E-state index contributed by atoms with van der Waals surface area (Å²) in [6.45, 7) is 7.24. The summed E-state index contributed by atoms with van der Waals surface area (Å²) in [6.07, 6.45) is 1.12. The van der Waals surface area contributed by atoms with Crippen molar-refractivity contribution < 1.29 is 4.42 Å². The van der Waals surface area contributed by atoms with Gasteiger partial charge in [-0.1, -0.05) is 22.9 Å². The molecule has 0 bridgehead atoms. The van der Waals surface area contributed by atoms with Crippen LogP contribution in [0.15, 0.2) is 39.2 Å². The van der Waals surface area contributed by atoms with E-state index in [1.165, 1.54) is 5.56 Å². The number of hydrogen-bond donors (Lipinski definition) is 1. The first kappa shape index (κ1) is 17.3. The average molecular weight is 359 g/mol. The normalized spacial score (nSPS) is 12.0. The van der Waals surface area contributed by atoms with Crippen molar-refractivity contribution in [1.29, 1.82) is 0 Å². The molecular formula is C16H21BrClNO. The highest BCUT2D eigenvalue weighted by atomic mass is 79.9. The van der Waals surface area contributed by atoms with E-state index in [4.69, 9.17) is 4.42 Å². The second kappa shape index (κ2) is 7.87. The van der Waals surface area contributed by atoms with E-state index in [1.807, 2.05) is 18.2 Å². The summed E-state index contributed by atoms with van der Waals surface area (Å²) in [5.74, 6) is 1.92. The van der Waals surface area contributed by atoms with Gasteiger partial charge in [0.05, 0.1) is 6.54 Å². The fourth-order valence-electron chi connectivity index (χ4n) is 1.94. The van der Waals surface area contributed by atoms with Crippen molar-refractivity contribution in [3.8, 4) is 11.3 Å². The Hall–Kier alpha value is -0.770. The lowest BCUT2D eigenvalue weighted by molar-refractivity contribution is 0.456. The number of furan rings is 1. The van der Waals surface area contributed by atoms with Gasteiger partial charge in [-0.2, -0.15) is 0 Å². The molecule has 1 aromatic heterocycles. The quantitative estimate of drug-likeness (QED) is 0.781. The number of hydrogen-bond acceptors (Lipinski definition) is 2. The molecule has 0 saturated carbocycles. The Kier molecular flexibility index (Phi) is 6.80. The van der Waals surface area contributed by atoms with Gasteiger partial charge in [-0.3, -0.25) is 0 Å². The molecule has 20 heavy (non-hydrogen) atoms. The third-order valence-electron chi connectivity index (χ3n) is 3.35. The predicted octanol–water partition coefficient (Wildman–Crippen LogP) is 5.33. The van der Waals surface area contributed by atoms with Crippen LogP contribution in [0.2, 0.25) is 0 Å². The molecule has 0 fully saturated rings. The Bertz CT molecular complexity index is 553. The number of rotatable bonds is 5. The molecule has 2 aromatic rings. The minimum Gasteiger partial charge on any atom is -0.460 e. The van der Waals surface area contributed by atoms with Crippen molar-refractivity contribution in [2.75, 3.05) is 0 Å². The molecule has 1 N–H and O–H groups in total. The zero-order valence-electron chi connectivity index (χ0n) is 12.1. The minimum absolute atomic E-state index is 0. The highest BCUT2D eigenvalue weighted by molar-refractivity contribution is 9.10. The molecular weight excluding hydrogens is 338 g/mol. The molecule has 2 nitrogen and oxygen atoms in total. The zero-order chi connectivity index (χ0) is 13.8. The second-order valence-electron chi connectivity index (χ2n) is 4.92. The van der Waals surface area contributed by atoms with Crippen molar-refractivity contribution >= 4 is 28.3 Å². The summed E-state index contributed by atoms with van der Waals surface area (Å²) >= 11 is 3.48. The van der Waals surface area contributed by atoms with E-state index in [1.54, 1.807) is 0 Å². The van der Waals surface area contributed by atoms with Gasteiger partial charge < -0.3 is 9.73 Å². The van der Waals surface area contributed by atoms with E-state index < -0.39 is 0 Å². The fourth-order valence-corrected chi connectivity index (χ4v) is 2.42. The van der Waals surface area contributed by atoms with Crippen molar-refractivity contribution in [1.82, 2.24) is 5.32 Å². The molecule has 1 aromatic carbocycles. The van der Waals surface area contributed by atoms with Crippen LogP contribution in [0.3, 0.4) is 0 Å². The molecule has 1 heterocycles. The smallest absolute Gasteiger partial charge is 0.134 e. The lowest BCUT2D eigenvalue weighted by atomic mass is 10.1. The molecule has 0 aliphatic carbocycles. The molecule has 1 unspecified atom stereocenters. The number of aryl methyl sites for hydroxylation is 1. The number of benzene rings is 1. The summed E-state index contributed by atoms with van der Waals surface area (Å²) in [4.78, 5) is 0. The van der Waals surface area contributed by atoms with Crippen LogP contribution in [0.1, 0.15) is 31.6 Å². The molecule has 0 radical (unpaired) electrons. The highest BCUT2D eigenvalue weighted by Gasteiger charge is 2.08. The first-order valence-corrected chi connectivity index (χ1v) is 7.48. The van der Waals surface area contributed by atoms with Gasteiger partial charge in [0.25, 0.3) is 0 Å². The van der Waals surface area contributed by atoms with Crippen LogP contribution < -0.4 is 5.32 Å². The SMILES string of the molecule is CCC(C)NCc1ccc(-c2ccc(Br)cc2C)o1.Cl. The molecule has 2 rings (SSSR count). The van der Waals surface area contributed by atoms with Gasteiger partial charge in [0.1, 0.15) is 11.5 Å². The van der Waals surface area contributed by atoms with Crippen LogP contribution in [0.4, 0.5) is 0 Å². The maximum absolute atomic E-state index is 5.91. The first-order valence-electron chi connectivity index (χ1n) is 6.68. The lowest BCUT2D eigenvalue weighted by Crippen LogP contribution is -2.24. The molecule has 4 heteroatoms. The van der Waals surface area contributed by atoms with E-state index in [-0.39, 0.29) is 12.4 Å². The van der Waals surface area contributed by atoms with Gasteiger partial charge in [0.15, 0.2) is 0 Å². The lowest BCUT2D eigenvalue weighted by Gasteiger charge is -2.09. The molecule has 1 atom stereocenters. The van der Waals surface area contributed by atoms with E-state index in [0.717, 1.165) is 34.5 Å².